The van der Waals surface area contributed by atoms with E-state index in [2.05, 4.69) is 86.0 Å². The molecule has 0 unspecified atom stereocenters. The second-order valence-electron chi connectivity index (χ2n) is 14.7. The van der Waals surface area contributed by atoms with Gasteiger partial charge in [0.15, 0.2) is 0 Å². The molecule has 62 heavy (non-hydrogen) atoms. The molecular weight excluding hydrogens is 769 g/mol. The minimum Gasteiger partial charge on any atom is -0.388 e. The van der Waals surface area contributed by atoms with E-state index in [0.717, 1.165) is 89.3 Å². The van der Waals surface area contributed by atoms with Crippen molar-refractivity contribution in [1.29, 1.82) is 0 Å². The predicted molar refractivity (Wildman–Crippen MR) is 253 cm³/mol. The SMILES string of the molecule is CNc1ccc(/N=N/c2cc(C)c(/N=N/c3ccc(/N=N/c4ccc(/N=N/c5cc(C)c(/N=N/c6ccc(NC)c7ccccc67)cc5C)cc4)cc3)cc2C)c2ccccc12. The first kappa shape index (κ1) is 40.7. The summed E-state index contributed by atoms with van der Waals surface area (Å²) >= 11 is 0. The first-order valence-electron chi connectivity index (χ1n) is 20.2. The van der Waals surface area contributed by atoms with E-state index in [4.69, 9.17) is 0 Å². The Kier molecular flexibility index (Phi) is 12.1. The van der Waals surface area contributed by atoms with Crippen molar-refractivity contribution < 1.29 is 0 Å². The molecule has 0 spiro atoms. The number of benzene rings is 8. The highest BCUT2D eigenvalue weighted by atomic mass is 15.1. The molecule has 0 aliphatic rings. The summed E-state index contributed by atoms with van der Waals surface area (Å²) in [5, 5.41) is 56.0. The topological polar surface area (TPSA) is 148 Å². The van der Waals surface area contributed by atoms with Crippen LogP contribution in [0, 0.1) is 27.7 Å². The molecule has 0 aliphatic carbocycles. The third-order valence-electron chi connectivity index (χ3n) is 10.4. The van der Waals surface area contributed by atoms with Gasteiger partial charge in [-0.2, -0.15) is 40.9 Å². The number of hydrogen-bond donors (Lipinski definition) is 2. The second kappa shape index (κ2) is 18.4. The van der Waals surface area contributed by atoms with Crippen LogP contribution in [0.5, 0.6) is 0 Å². The lowest BCUT2D eigenvalue weighted by Gasteiger charge is -2.08. The van der Waals surface area contributed by atoms with E-state index in [1.165, 1.54) is 0 Å². The molecular formula is C50H44N12. The maximum absolute atomic E-state index is 4.61. The fraction of sp³-hybridized carbons (Fsp3) is 0.120. The summed E-state index contributed by atoms with van der Waals surface area (Å²) < 4.78 is 0. The van der Waals surface area contributed by atoms with E-state index >= 15 is 0 Å². The number of hydrogen-bond acceptors (Lipinski definition) is 12. The highest BCUT2D eigenvalue weighted by Gasteiger charge is 2.09. The summed E-state index contributed by atoms with van der Waals surface area (Å²) in [6, 6.07) is 47.1. The molecule has 0 radical (unpaired) electrons. The number of nitrogens with one attached hydrogen (secondary N) is 2. The lowest BCUT2D eigenvalue weighted by atomic mass is 10.1. The van der Waals surface area contributed by atoms with Gasteiger partial charge in [-0.1, -0.05) is 48.5 Å². The van der Waals surface area contributed by atoms with Gasteiger partial charge in [-0.3, -0.25) is 0 Å². The predicted octanol–water partition coefficient (Wildman–Crippen LogP) is 17.4. The molecule has 12 nitrogen and oxygen atoms in total. The molecule has 0 bridgehead atoms. The largest absolute Gasteiger partial charge is 0.388 e. The molecule has 12 heteroatoms. The molecule has 0 atom stereocenters. The standard InChI is InChI=1S/C50H44N12/c1-31-29-49(61-57-45-25-23-43(51-5)39-11-7-9-13-41(39)45)33(3)27-47(31)59-55-37-19-15-35(16-20-37)53-54-36-17-21-38(22-18-36)56-60-48-28-34(4)50(30-32(48)2)62-58-46-26-24-44(52-6)40-12-8-10-14-42(40)46/h7-30,51-52H,1-6H3/b54-53+,59-55+,60-56+,61-57+,62-58+. The number of aryl methyl sites for hydroxylation is 4. The molecule has 2 N–H and O–H groups in total. The van der Waals surface area contributed by atoms with Crippen LogP contribution in [0.2, 0.25) is 0 Å². The summed E-state index contributed by atoms with van der Waals surface area (Å²) in [6.45, 7) is 7.98. The quantitative estimate of drug-likeness (QED) is 0.118. The van der Waals surface area contributed by atoms with Crippen LogP contribution < -0.4 is 10.6 Å². The molecule has 0 aliphatic heterocycles. The van der Waals surface area contributed by atoms with Crippen LogP contribution >= 0.6 is 0 Å². The molecule has 0 saturated carbocycles. The van der Waals surface area contributed by atoms with E-state index in [1.54, 1.807) is 0 Å². The van der Waals surface area contributed by atoms with E-state index in [0.29, 0.717) is 22.7 Å². The Bertz CT molecular complexity index is 2870. The van der Waals surface area contributed by atoms with Gasteiger partial charge in [-0.15, -0.1) is 10.2 Å². The molecule has 0 saturated heterocycles. The fourth-order valence-corrected chi connectivity index (χ4v) is 6.91. The molecule has 0 heterocycles. The normalized spacial score (nSPS) is 12.0. The fourth-order valence-electron chi connectivity index (χ4n) is 6.91. The van der Waals surface area contributed by atoms with Crippen LogP contribution in [0.15, 0.2) is 197 Å². The maximum atomic E-state index is 4.61. The third-order valence-corrected chi connectivity index (χ3v) is 10.4. The Hall–Kier alpha value is -8.12. The van der Waals surface area contributed by atoms with E-state index in [9.17, 15) is 0 Å². The van der Waals surface area contributed by atoms with Crippen molar-refractivity contribution >= 4 is 89.8 Å². The number of anilines is 2. The van der Waals surface area contributed by atoms with E-state index < -0.39 is 0 Å². The van der Waals surface area contributed by atoms with Crippen molar-refractivity contribution in [3.05, 3.63) is 168 Å². The molecule has 304 valence electrons. The zero-order valence-electron chi connectivity index (χ0n) is 35.3. The summed E-state index contributed by atoms with van der Waals surface area (Å²) in [5.74, 6) is 0. The number of azo groups is 5. The van der Waals surface area contributed by atoms with E-state index in [1.807, 2.05) is 163 Å². The zero-order valence-corrected chi connectivity index (χ0v) is 35.3. The summed E-state index contributed by atoms with van der Waals surface area (Å²) in [5.41, 5.74) is 13.4. The number of fused-ring (bicyclic) bond motifs is 2. The van der Waals surface area contributed by atoms with Crippen LogP contribution in [0.25, 0.3) is 21.5 Å². The Morgan fingerprint density at radius 1 is 0.274 bits per heavy atom. The van der Waals surface area contributed by atoms with Crippen molar-refractivity contribution in [3.63, 3.8) is 0 Å². The first-order valence-corrected chi connectivity index (χ1v) is 20.2. The van der Waals surface area contributed by atoms with E-state index in [-0.39, 0.29) is 0 Å². The Morgan fingerprint density at radius 2 is 0.532 bits per heavy atom. The van der Waals surface area contributed by atoms with Gasteiger partial charge >= 0.3 is 0 Å². The molecule has 8 aromatic rings. The average molecular weight is 813 g/mol. The summed E-state index contributed by atoms with van der Waals surface area (Å²) in [4.78, 5) is 0. The molecule has 0 aromatic heterocycles. The monoisotopic (exact) mass is 812 g/mol. The summed E-state index contributed by atoms with van der Waals surface area (Å²) in [7, 11) is 3.83. The molecule has 8 aromatic carbocycles. The zero-order chi connectivity index (χ0) is 43.0. The van der Waals surface area contributed by atoms with Crippen molar-refractivity contribution in [2.24, 2.45) is 51.1 Å². The number of nitrogens with zero attached hydrogens (tertiary/aromatic N) is 10. The van der Waals surface area contributed by atoms with Gasteiger partial charge in [0.25, 0.3) is 0 Å². The van der Waals surface area contributed by atoms with Crippen LogP contribution in [0.1, 0.15) is 22.3 Å². The maximum Gasteiger partial charge on any atom is 0.0936 e. The highest BCUT2D eigenvalue weighted by Crippen LogP contribution is 2.37. The second-order valence-corrected chi connectivity index (χ2v) is 14.7. The first-order chi connectivity index (χ1) is 30.3. The van der Waals surface area contributed by atoms with Gasteiger partial charge in [0.1, 0.15) is 0 Å². The van der Waals surface area contributed by atoms with Crippen molar-refractivity contribution in [2.45, 2.75) is 27.7 Å². The van der Waals surface area contributed by atoms with Gasteiger partial charge in [0, 0.05) is 47.0 Å². The van der Waals surface area contributed by atoms with Gasteiger partial charge in [-0.25, -0.2) is 0 Å². The number of rotatable bonds is 12. The lowest BCUT2D eigenvalue weighted by Crippen LogP contribution is -1.88. The van der Waals surface area contributed by atoms with Crippen LogP contribution in [-0.2, 0) is 0 Å². The lowest BCUT2D eigenvalue weighted by molar-refractivity contribution is 1.17. The Labute approximate surface area is 360 Å². The minimum absolute atomic E-state index is 0.691. The van der Waals surface area contributed by atoms with Gasteiger partial charge in [0.05, 0.1) is 56.9 Å². The van der Waals surface area contributed by atoms with Crippen molar-refractivity contribution in [2.75, 3.05) is 24.7 Å². The smallest absolute Gasteiger partial charge is 0.0936 e. The van der Waals surface area contributed by atoms with Crippen molar-refractivity contribution in [1.82, 2.24) is 0 Å². The van der Waals surface area contributed by atoms with Gasteiger partial charge in [-0.05, 0) is 147 Å². The van der Waals surface area contributed by atoms with Gasteiger partial charge in [0.2, 0.25) is 0 Å². The summed E-state index contributed by atoms with van der Waals surface area (Å²) in [6.07, 6.45) is 0. The van der Waals surface area contributed by atoms with Crippen molar-refractivity contribution in [3.8, 4) is 0 Å². The highest BCUT2D eigenvalue weighted by molar-refractivity contribution is 6.01. The Balaban J connectivity index is 0.873. The van der Waals surface area contributed by atoms with Crippen LogP contribution in [0.3, 0.4) is 0 Å². The van der Waals surface area contributed by atoms with Crippen LogP contribution in [-0.4, -0.2) is 14.1 Å². The molecule has 0 amide bonds. The minimum atomic E-state index is 0.691. The molecule has 0 fully saturated rings. The molecule has 8 rings (SSSR count). The van der Waals surface area contributed by atoms with Crippen LogP contribution in [0.4, 0.5) is 68.2 Å². The average Bonchev–Trinajstić information content (AvgIpc) is 3.30. The Morgan fingerprint density at radius 3 is 0.839 bits per heavy atom. The third kappa shape index (κ3) is 9.19. The van der Waals surface area contributed by atoms with Gasteiger partial charge < -0.3 is 10.6 Å².